The lowest BCUT2D eigenvalue weighted by atomic mass is 10.2. The van der Waals surface area contributed by atoms with Crippen LogP contribution < -0.4 is 10.9 Å². The zero-order valence-corrected chi connectivity index (χ0v) is 15.2. The molecule has 0 spiro atoms. The van der Waals surface area contributed by atoms with E-state index in [0.717, 1.165) is 30.7 Å². The van der Waals surface area contributed by atoms with Gasteiger partial charge in [0.1, 0.15) is 17.5 Å². The molecular weight excluding hydrogens is 368 g/mol. The highest BCUT2D eigenvalue weighted by molar-refractivity contribution is 6.04. The predicted octanol–water partition coefficient (Wildman–Crippen LogP) is 2.98. The van der Waals surface area contributed by atoms with Gasteiger partial charge in [0.25, 0.3) is 11.5 Å². The first kappa shape index (κ1) is 18.0. The van der Waals surface area contributed by atoms with Gasteiger partial charge in [0.15, 0.2) is 0 Å². The largest absolute Gasteiger partial charge is 0.306 e. The number of aromatic nitrogens is 4. The Morgan fingerprint density at radius 1 is 1.25 bits per heavy atom. The number of aryl methyl sites for hydroxylation is 1. The molecule has 0 saturated heterocycles. The summed E-state index contributed by atoms with van der Waals surface area (Å²) in [4.78, 5) is 31.6. The van der Waals surface area contributed by atoms with Gasteiger partial charge in [-0.3, -0.25) is 14.6 Å². The number of hydrogen-bond donors (Lipinski definition) is 2. The Balaban J connectivity index is 1.74. The molecule has 1 aliphatic rings. The Hall–Kier alpha value is -3.36. The summed E-state index contributed by atoms with van der Waals surface area (Å²) >= 11 is 0. The number of halogens is 2. The lowest BCUT2D eigenvalue weighted by Gasteiger charge is -2.09. The van der Waals surface area contributed by atoms with E-state index in [2.05, 4.69) is 20.4 Å². The minimum Gasteiger partial charge on any atom is -0.306 e. The fourth-order valence-electron chi connectivity index (χ4n) is 2.82. The van der Waals surface area contributed by atoms with Crippen LogP contribution >= 0.6 is 0 Å². The highest BCUT2D eigenvalue weighted by atomic mass is 19.1. The van der Waals surface area contributed by atoms with Gasteiger partial charge in [0.05, 0.1) is 11.3 Å². The topological polar surface area (TPSA) is 92.7 Å². The second-order valence-electron chi connectivity index (χ2n) is 6.82. The zero-order valence-electron chi connectivity index (χ0n) is 15.2. The summed E-state index contributed by atoms with van der Waals surface area (Å²) in [5.74, 6) is -1.84. The Bertz CT molecular complexity index is 1150. The van der Waals surface area contributed by atoms with Gasteiger partial charge in [0, 0.05) is 29.3 Å². The number of carbonyl (C=O) groups is 1. The number of carbonyl (C=O) groups excluding carboxylic acids is 1. The second kappa shape index (κ2) is 6.66. The molecule has 4 rings (SSSR count). The molecule has 2 aromatic heterocycles. The molecule has 1 amide bonds. The summed E-state index contributed by atoms with van der Waals surface area (Å²) < 4.78 is 28.4. The summed E-state index contributed by atoms with van der Waals surface area (Å²) in [6, 6.07) is 4.39. The second-order valence-corrected chi connectivity index (χ2v) is 6.82. The van der Waals surface area contributed by atoms with E-state index < -0.39 is 17.5 Å². The van der Waals surface area contributed by atoms with Crippen LogP contribution in [0.5, 0.6) is 0 Å². The Morgan fingerprint density at radius 3 is 2.64 bits per heavy atom. The number of anilines is 1. The van der Waals surface area contributed by atoms with Crippen LogP contribution in [-0.4, -0.2) is 25.7 Å². The van der Waals surface area contributed by atoms with Crippen LogP contribution in [0.25, 0.3) is 5.95 Å². The van der Waals surface area contributed by atoms with Crippen molar-refractivity contribution in [2.24, 2.45) is 0 Å². The number of nitrogens with one attached hydrogen (secondary N) is 2. The summed E-state index contributed by atoms with van der Waals surface area (Å²) in [6.45, 7) is 3.36. The van der Waals surface area contributed by atoms with Gasteiger partial charge in [-0.15, -0.1) is 0 Å². The standard InChI is InChI=1S/C19H17F2N5O2/c1-9-10(2)22-19(24-17(9)27)26-16(8-15(25-26)11-3-4-11)23-18(28)13-6-5-12(20)7-14(13)21/h5-8,11H,3-4H2,1-2H3,(H,23,28)(H,22,24,27). The number of hydrogen-bond acceptors (Lipinski definition) is 4. The Labute approximate surface area is 158 Å². The minimum absolute atomic E-state index is 0.148. The number of H-pyrrole nitrogens is 1. The molecule has 0 aliphatic heterocycles. The zero-order chi connectivity index (χ0) is 20.0. The highest BCUT2D eigenvalue weighted by Gasteiger charge is 2.28. The smallest absolute Gasteiger partial charge is 0.259 e. The van der Waals surface area contributed by atoms with E-state index in [4.69, 9.17) is 0 Å². The molecule has 2 N–H and O–H groups in total. The van der Waals surface area contributed by atoms with Crippen LogP contribution in [0.3, 0.4) is 0 Å². The van der Waals surface area contributed by atoms with Gasteiger partial charge in [-0.1, -0.05) is 0 Å². The van der Waals surface area contributed by atoms with Gasteiger partial charge in [-0.05, 0) is 38.8 Å². The monoisotopic (exact) mass is 385 g/mol. The highest BCUT2D eigenvalue weighted by Crippen LogP contribution is 2.40. The summed E-state index contributed by atoms with van der Waals surface area (Å²) in [7, 11) is 0. The van der Waals surface area contributed by atoms with Crippen molar-refractivity contribution in [2.75, 3.05) is 5.32 Å². The molecule has 144 valence electrons. The molecule has 1 aromatic carbocycles. The van der Waals surface area contributed by atoms with Crippen LogP contribution in [0, 0.1) is 25.5 Å². The van der Waals surface area contributed by atoms with Crippen molar-refractivity contribution in [3.05, 3.63) is 68.8 Å². The number of aromatic amines is 1. The molecule has 2 heterocycles. The Kier molecular flexibility index (Phi) is 4.29. The van der Waals surface area contributed by atoms with Gasteiger partial charge < -0.3 is 5.32 Å². The third kappa shape index (κ3) is 3.30. The van der Waals surface area contributed by atoms with Crippen molar-refractivity contribution in [1.29, 1.82) is 0 Å². The first-order chi connectivity index (χ1) is 13.3. The molecule has 0 unspecified atom stereocenters. The molecule has 28 heavy (non-hydrogen) atoms. The molecule has 3 aromatic rings. The quantitative estimate of drug-likeness (QED) is 0.722. The summed E-state index contributed by atoms with van der Waals surface area (Å²) in [6.07, 6.45) is 1.96. The maximum atomic E-state index is 13.9. The van der Waals surface area contributed by atoms with E-state index in [1.807, 2.05) is 0 Å². The van der Waals surface area contributed by atoms with Crippen molar-refractivity contribution >= 4 is 11.7 Å². The van der Waals surface area contributed by atoms with Crippen LogP contribution in [0.15, 0.2) is 29.1 Å². The minimum atomic E-state index is -0.969. The van der Waals surface area contributed by atoms with E-state index in [1.54, 1.807) is 19.9 Å². The van der Waals surface area contributed by atoms with Crippen molar-refractivity contribution in [1.82, 2.24) is 19.7 Å². The van der Waals surface area contributed by atoms with E-state index in [-0.39, 0.29) is 28.8 Å². The predicted molar refractivity (Wildman–Crippen MR) is 97.7 cm³/mol. The van der Waals surface area contributed by atoms with Crippen LogP contribution in [-0.2, 0) is 0 Å². The third-order valence-corrected chi connectivity index (χ3v) is 4.72. The lowest BCUT2D eigenvalue weighted by molar-refractivity contribution is 0.102. The van der Waals surface area contributed by atoms with Crippen LogP contribution in [0.1, 0.15) is 46.1 Å². The van der Waals surface area contributed by atoms with E-state index in [1.165, 1.54) is 4.68 Å². The number of rotatable bonds is 4. The molecule has 1 aliphatic carbocycles. The molecule has 7 nitrogen and oxygen atoms in total. The van der Waals surface area contributed by atoms with Crippen LogP contribution in [0.2, 0.25) is 0 Å². The van der Waals surface area contributed by atoms with Gasteiger partial charge >= 0.3 is 0 Å². The molecule has 0 atom stereocenters. The maximum absolute atomic E-state index is 13.9. The molecular formula is C19H17F2N5O2. The first-order valence-corrected chi connectivity index (χ1v) is 8.77. The SMILES string of the molecule is Cc1nc(-n2nc(C3CC3)cc2NC(=O)c2ccc(F)cc2F)[nH]c(=O)c1C. The maximum Gasteiger partial charge on any atom is 0.259 e. The van der Waals surface area contributed by atoms with Crippen molar-refractivity contribution < 1.29 is 13.6 Å². The van der Waals surface area contributed by atoms with E-state index in [0.29, 0.717) is 17.3 Å². The molecule has 0 bridgehead atoms. The molecule has 1 fully saturated rings. The average Bonchev–Trinajstić information content (AvgIpc) is 3.40. The first-order valence-electron chi connectivity index (χ1n) is 8.77. The van der Waals surface area contributed by atoms with Crippen molar-refractivity contribution in [2.45, 2.75) is 32.6 Å². The molecule has 1 saturated carbocycles. The number of benzene rings is 1. The van der Waals surface area contributed by atoms with Gasteiger partial charge in [0.2, 0.25) is 5.95 Å². The van der Waals surface area contributed by atoms with Crippen molar-refractivity contribution in [3.63, 3.8) is 0 Å². The van der Waals surface area contributed by atoms with Crippen molar-refractivity contribution in [3.8, 4) is 5.95 Å². The van der Waals surface area contributed by atoms with Gasteiger partial charge in [-0.25, -0.2) is 13.8 Å². The van der Waals surface area contributed by atoms with Crippen LogP contribution in [0.4, 0.5) is 14.6 Å². The Morgan fingerprint density at radius 2 is 2.00 bits per heavy atom. The summed E-state index contributed by atoms with van der Waals surface area (Å²) in [5, 5.41) is 7.03. The lowest BCUT2D eigenvalue weighted by Crippen LogP contribution is -2.21. The number of nitrogens with zero attached hydrogens (tertiary/aromatic N) is 3. The summed E-state index contributed by atoms with van der Waals surface area (Å²) in [5.41, 5.74) is 1.15. The third-order valence-electron chi connectivity index (χ3n) is 4.72. The number of amides is 1. The fraction of sp³-hybridized carbons (Fsp3) is 0.263. The van der Waals surface area contributed by atoms with E-state index >= 15 is 0 Å². The van der Waals surface area contributed by atoms with Gasteiger partial charge in [-0.2, -0.15) is 9.78 Å². The molecule has 0 radical (unpaired) electrons. The normalized spacial score (nSPS) is 13.6. The fourth-order valence-corrected chi connectivity index (χ4v) is 2.82. The van der Waals surface area contributed by atoms with E-state index in [9.17, 15) is 18.4 Å². The molecule has 9 heteroatoms. The average molecular weight is 385 g/mol.